The molecule has 0 aromatic carbocycles. The molecule has 1 fully saturated rings. The Morgan fingerprint density at radius 1 is 1.20 bits per heavy atom. The van der Waals surface area contributed by atoms with Crippen molar-refractivity contribution in [2.75, 3.05) is 13.1 Å². The average Bonchev–Trinajstić information content (AvgIpc) is 3.18. The summed E-state index contributed by atoms with van der Waals surface area (Å²) < 4.78 is 2.00. The molecule has 1 aromatic heterocycles. The summed E-state index contributed by atoms with van der Waals surface area (Å²) in [4.78, 5) is 17.7. The van der Waals surface area contributed by atoms with Gasteiger partial charge >= 0.3 is 0 Å². The lowest BCUT2D eigenvalue weighted by Crippen LogP contribution is -2.40. The van der Waals surface area contributed by atoms with Gasteiger partial charge in [0.05, 0.1) is 23.3 Å². The summed E-state index contributed by atoms with van der Waals surface area (Å²) in [6.45, 7) is 6.89. The minimum atomic E-state index is -0.225. The SMILES string of the molecule is Cn1nc(CN2CCCCC2)c2c1CN(C(=O)C1(C)CC=CCC1)C2. The summed E-state index contributed by atoms with van der Waals surface area (Å²) in [5.74, 6) is 0.317. The van der Waals surface area contributed by atoms with Crippen molar-refractivity contribution in [1.82, 2.24) is 19.6 Å². The fraction of sp³-hybridized carbons (Fsp3) is 0.700. The zero-order chi connectivity index (χ0) is 17.4. The Morgan fingerprint density at radius 2 is 2.00 bits per heavy atom. The number of amides is 1. The highest BCUT2D eigenvalue weighted by atomic mass is 16.2. The number of carbonyl (C=O) groups is 1. The van der Waals surface area contributed by atoms with Crippen LogP contribution in [-0.2, 0) is 31.5 Å². The van der Waals surface area contributed by atoms with Crippen molar-refractivity contribution in [3.05, 3.63) is 29.1 Å². The van der Waals surface area contributed by atoms with Crippen LogP contribution in [0.3, 0.4) is 0 Å². The van der Waals surface area contributed by atoms with Crippen LogP contribution in [0.25, 0.3) is 0 Å². The molecule has 0 spiro atoms. The molecule has 136 valence electrons. The number of carbonyl (C=O) groups excluding carboxylic acids is 1. The first-order valence-corrected chi connectivity index (χ1v) is 9.77. The van der Waals surface area contributed by atoms with E-state index in [4.69, 9.17) is 5.10 Å². The predicted octanol–water partition coefficient (Wildman–Crippen LogP) is 2.99. The molecule has 3 aliphatic rings. The Morgan fingerprint density at radius 3 is 2.72 bits per heavy atom. The van der Waals surface area contributed by atoms with Crippen molar-refractivity contribution in [3.8, 4) is 0 Å². The van der Waals surface area contributed by atoms with Crippen LogP contribution >= 0.6 is 0 Å². The van der Waals surface area contributed by atoms with Gasteiger partial charge in [-0.25, -0.2) is 0 Å². The van der Waals surface area contributed by atoms with Crippen LogP contribution in [0.5, 0.6) is 0 Å². The average molecular weight is 342 g/mol. The Balaban J connectivity index is 1.49. The largest absolute Gasteiger partial charge is 0.332 e. The second kappa shape index (κ2) is 6.60. The Hall–Kier alpha value is -1.62. The number of aryl methyl sites for hydroxylation is 1. The van der Waals surface area contributed by atoms with Gasteiger partial charge in [-0.3, -0.25) is 14.4 Å². The van der Waals surface area contributed by atoms with Crippen LogP contribution < -0.4 is 0 Å². The third-order valence-corrected chi connectivity index (χ3v) is 6.27. The van der Waals surface area contributed by atoms with Crippen LogP contribution in [0, 0.1) is 5.41 Å². The first-order valence-electron chi connectivity index (χ1n) is 9.77. The molecule has 4 rings (SSSR count). The van der Waals surface area contributed by atoms with E-state index >= 15 is 0 Å². The number of hydrogen-bond donors (Lipinski definition) is 0. The second-order valence-electron chi connectivity index (χ2n) is 8.27. The van der Waals surface area contributed by atoms with E-state index < -0.39 is 0 Å². The molecule has 5 nitrogen and oxygen atoms in total. The monoisotopic (exact) mass is 342 g/mol. The van der Waals surface area contributed by atoms with E-state index in [9.17, 15) is 4.79 Å². The van der Waals surface area contributed by atoms with E-state index in [1.165, 1.54) is 49.3 Å². The lowest BCUT2D eigenvalue weighted by atomic mass is 9.78. The van der Waals surface area contributed by atoms with E-state index in [1.54, 1.807) is 0 Å². The summed E-state index contributed by atoms with van der Waals surface area (Å²) in [5.41, 5.74) is 3.49. The number of likely N-dealkylation sites (tertiary alicyclic amines) is 1. The topological polar surface area (TPSA) is 41.4 Å². The molecular formula is C20H30N4O. The van der Waals surface area contributed by atoms with Crippen LogP contribution in [-0.4, -0.2) is 38.6 Å². The molecule has 5 heteroatoms. The molecule has 1 unspecified atom stereocenters. The zero-order valence-electron chi connectivity index (χ0n) is 15.6. The molecule has 0 saturated carbocycles. The molecule has 3 heterocycles. The van der Waals surface area contributed by atoms with Gasteiger partial charge in [0, 0.05) is 25.7 Å². The maximum absolute atomic E-state index is 13.2. The number of hydrogen-bond acceptors (Lipinski definition) is 3. The van der Waals surface area contributed by atoms with E-state index in [0.29, 0.717) is 5.91 Å². The summed E-state index contributed by atoms with van der Waals surface area (Å²) in [6.07, 6.45) is 11.2. The second-order valence-corrected chi connectivity index (χ2v) is 8.27. The van der Waals surface area contributed by atoms with Gasteiger partial charge < -0.3 is 4.90 Å². The van der Waals surface area contributed by atoms with Gasteiger partial charge in [0.1, 0.15) is 0 Å². The third kappa shape index (κ3) is 3.14. The van der Waals surface area contributed by atoms with Crippen molar-refractivity contribution < 1.29 is 4.79 Å². The van der Waals surface area contributed by atoms with Gasteiger partial charge in [-0.1, -0.05) is 25.5 Å². The molecule has 25 heavy (non-hydrogen) atoms. The zero-order valence-corrected chi connectivity index (χ0v) is 15.6. The third-order valence-electron chi connectivity index (χ3n) is 6.27. The maximum Gasteiger partial charge on any atom is 0.229 e. The predicted molar refractivity (Wildman–Crippen MR) is 97.7 cm³/mol. The first kappa shape index (κ1) is 16.8. The van der Waals surface area contributed by atoms with Crippen molar-refractivity contribution in [1.29, 1.82) is 0 Å². The highest BCUT2D eigenvalue weighted by Crippen LogP contribution is 2.37. The number of rotatable bonds is 3. The fourth-order valence-corrected chi connectivity index (χ4v) is 4.61. The molecule has 0 bridgehead atoms. The molecular weight excluding hydrogens is 312 g/mol. The first-order chi connectivity index (χ1) is 12.1. The highest BCUT2D eigenvalue weighted by Gasteiger charge is 2.40. The number of allylic oxidation sites excluding steroid dienone is 2. The number of piperidine rings is 1. The standard InChI is InChI=1S/C20H30N4O/c1-20(9-5-3-6-10-20)19(25)24-13-16-17(21-22(2)18(16)15-24)14-23-11-7-4-8-12-23/h3,5H,4,6-15H2,1-2H3. The van der Waals surface area contributed by atoms with Crippen molar-refractivity contribution in [3.63, 3.8) is 0 Å². The Bertz CT molecular complexity index is 686. The van der Waals surface area contributed by atoms with Gasteiger partial charge in [-0.2, -0.15) is 5.10 Å². The summed E-state index contributed by atoms with van der Waals surface area (Å²) >= 11 is 0. The van der Waals surface area contributed by atoms with Crippen molar-refractivity contribution in [2.24, 2.45) is 12.5 Å². The van der Waals surface area contributed by atoms with Crippen molar-refractivity contribution >= 4 is 5.91 Å². The lowest BCUT2D eigenvalue weighted by Gasteiger charge is -2.33. The van der Waals surface area contributed by atoms with E-state index in [2.05, 4.69) is 28.9 Å². The number of nitrogens with zero attached hydrogens (tertiary/aromatic N) is 4. The quantitative estimate of drug-likeness (QED) is 0.793. The van der Waals surface area contributed by atoms with Gasteiger partial charge in [-0.15, -0.1) is 0 Å². The number of fused-ring (bicyclic) bond motifs is 1. The maximum atomic E-state index is 13.2. The van der Waals surface area contributed by atoms with Crippen LogP contribution in [0.15, 0.2) is 12.2 Å². The van der Waals surface area contributed by atoms with Crippen LogP contribution in [0.4, 0.5) is 0 Å². The molecule has 2 aliphatic heterocycles. The van der Waals surface area contributed by atoms with Gasteiger partial charge in [0.25, 0.3) is 0 Å². The Labute approximate surface area is 150 Å². The molecule has 0 radical (unpaired) electrons. The minimum absolute atomic E-state index is 0.225. The van der Waals surface area contributed by atoms with Gasteiger partial charge in [-0.05, 0) is 45.2 Å². The molecule has 1 aliphatic carbocycles. The highest BCUT2D eigenvalue weighted by molar-refractivity contribution is 5.83. The fourth-order valence-electron chi connectivity index (χ4n) is 4.61. The van der Waals surface area contributed by atoms with E-state index in [0.717, 1.165) is 38.9 Å². The molecule has 1 aromatic rings. The molecule has 0 N–H and O–H groups in total. The minimum Gasteiger partial charge on any atom is -0.332 e. The summed E-state index contributed by atoms with van der Waals surface area (Å²) in [7, 11) is 2.03. The molecule has 1 amide bonds. The smallest absolute Gasteiger partial charge is 0.229 e. The van der Waals surface area contributed by atoms with Gasteiger partial charge in [0.2, 0.25) is 5.91 Å². The van der Waals surface area contributed by atoms with Crippen molar-refractivity contribution in [2.45, 2.75) is 65.1 Å². The molecule has 1 atom stereocenters. The van der Waals surface area contributed by atoms with Crippen LogP contribution in [0.1, 0.15) is 62.4 Å². The summed E-state index contributed by atoms with van der Waals surface area (Å²) in [6, 6.07) is 0. The van der Waals surface area contributed by atoms with E-state index in [-0.39, 0.29) is 5.41 Å². The van der Waals surface area contributed by atoms with Crippen LogP contribution in [0.2, 0.25) is 0 Å². The molecule has 1 saturated heterocycles. The Kier molecular flexibility index (Phi) is 4.44. The number of aromatic nitrogens is 2. The summed E-state index contributed by atoms with van der Waals surface area (Å²) in [5, 5.41) is 4.78. The van der Waals surface area contributed by atoms with Gasteiger partial charge in [0.15, 0.2) is 0 Å². The van der Waals surface area contributed by atoms with E-state index in [1.807, 2.05) is 11.7 Å². The normalized spacial score (nSPS) is 26.9. The lowest BCUT2D eigenvalue weighted by molar-refractivity contribution is -0.142.